The van der Waals surface area contributed by atoms with Crippen LogP contribution < -0.4 is 5.32 Å². The van der Waals surface area contributed by atoms with E-state index in [0.717, 1.165) is 16.9 Å². The average Bonchev–Trinajstić information content (AvgIpc) is 3.04. The summed E-state index contributed by atoms with van der Waals surface area (Å²) in [6.07, 6.45) is 2.04. The van der Waals surface area contributed by atoms with Crippen LogP contribution in [0.4, 0.5) is 5.00 Å². The van der Waals surface area contributed by atoms with Crippen LogP contribution in [0.3, 0.4) is 0 Å². The molecule has 4 nitrogen and oxygen atoms in total. The Morgan fingerprint density at radius 2 is 1.86 bits per heavy atom. The third kappa shape index (κ3) is 6.79. The molecule has 0 aliphatic heterocycles. The Labute approximate surface area is 172 Å². The molecule has 0 aliphatic carbocycles. The molecule has 152 valence electrons. The van der Waals surface area contributed by atoms with Gasteiger partial charge in [-0.05, 0) is 42.7 Å². The van der Waals surface area contributed by atoms with E-state index < -0.39 is 0 Å². The first-order valence-corrected chi connectivity index (χ1v) is 10.7. The number of aryl methyl sites for hydroxylation is 1. The lowest BCUT2D eigenvalue weighted by Crippen LogP contribution is -2.14. The number of ether oxygens (including phenoxy) is 1. The van der Waals surface area contributed by atoms with Gasteiger partial charge in [-0.3, -0.25) is 4.79 Å². The SMILES string of the molecule is CCOC(=O)c1cc([C@H](C)CC(C)(C)C)sc1NC(=O)CCc1ccccc1. The Balaban J connectivity index is 2.13. The summed E-state index contributed by atoms with van der Waals surface area (Å²) in [7, 11) is 0. The van der Waals surface area contributed by atoms with E-state index in [4.69, 9.17) is 4.74 Å². The van der Waals surface area contributed by atoms with E-state index in [1.165, 1.54) is 11.3 Å². The molecular formula is C23H31NO3S. The molecule has 2 rings (SSSR count). The van der Waals surface area contributed by atoms with Gasteiger partial charge < -0.3 is 10.1 Å². The third-order valence-electron chi connectivity index (χ3n) is 4.39. The van der Waals surface area contributed by atoms with Crippen molar-refractivity contribution in [2.45, 2.75) is 59.8 Å². The van der Waals surface area contributed by atoms with E-state index in [2.05, 4.69) is 33.0 Å². The van der Waals surface area contributed by atoms with Gasteiger partial charge in [-0.1, -0.05) is 58.0 Å². The first-order chi connectivity index (χ1) is 13.2. The zero-order valence-corrected chi connectivity index (χ0v) is 18.3. The highest BCUT2D eigenvalue weighted by Gasteiger charge is 2.24. The standard InChI is InChI=1S/C23H31NO3S/c1-6-27-22(26)18-14-19(16(2)15-23(3,4)5)28-21(18)24-20(25)13-12-17-10-8-7-9-11-17/h7-11,14,16H,6,12-13,15H2,1-5H3,(H,24,25)/t16-/m1/s1. The first kappa shape index (κ1) is 22.2. The fourth-order valence-corrected chi connectivity index (χ4v) is 4.33. The largest absolute Gasteiger partial charge is 0.462 e. The van der Waals surface area contributed by atoms with E-state index in [1.807, 2.05) is 36.4 Å². The second-order valence-electron chi connectivity index (χ2n) is 8.31. The number of thiophene rings is 1. The minimum Gasteiger partial charge on any atom is -0.462 e. The quantitative estimate of drug-likeness (QED) is 0.549. The first-order valence-electron chi connectivity index (χ1n) is 9.84. The summed E-state index contributed by atoms with van der Waals surface area (Å²) in [6, 6.07) is 11.8. The number of amides is 1. The Morgan fingerprint density at radius 1 is 1.18 bits per heavy atom. The molecule has 5 heteroatoms. The summed E-state index contributed by atoms with van der Waals surface area (Å²) in [6.45, 7) is 10.9. The number of hydrogen-bond donors (Lipinski definition) is 1. The highest BCUT2D eigenvalue weighted by Crippen LogP contribution is 2.38. The van der Waals surface area contributed by atoms with Crippen LogP contribution in [-0.2, 0) is 16.0 Å². The molecule has 0 unspecified atom stereocenters. The second kappa shape index (κ2) is 9.87. The van der Waals surface area contributed by atoms with Gasteiger partial charge in [0.05, 0.1) is 12.2 Å². The summed E-state index contributed by atoms with van der Waals surface area (Å²) in [4.78, 5) is 25.9. The minimum absolute atomic E-state index is 0.0914. The van der Waals surface area contributed by atoms with Crippen LogP contribution in [-0.4, -0.2) is 18.5 Å². The van der Waals surface area contributed by atoms with Crippen molar-refractivity contribution in [3.63, 3.8) is 0 Å². The third-order valence-corrected chi connectivity index (χ3v) is 5.67. The van der Waals surface area contributed by atoms with Crippen molar-refractivity contribution in [1.82, 2.24) is 0 Å². The number of anilines is 1. The molecular weight excluding hydrogens is 370 g/mol. The Kier molecular flexibility index (Phi) is 7.81. The molecule has 1 amide bonds. The smallest absolute Gasteiger partial charge is 0.341 e. The fourth-order valence-electron chi connectivity index (χ4n) is 3.22. The van der Waals surface area contributed by atoms with Crippen LogP contribution in [0.25, 0.3) is 0 Å². The predicted molar refractivity (Wildman–Crippen MR) is 116 cm³/mol. The molecule has 0 radical (unpaired) electrons. The lowest BCUT2D eigenvalue weighted by atomic mass is 9.85. The molecule has 0 bridgehead atoms. The van der Waals surface area contributed by atoms with Crippen molar-refractivity contribution in [1.29, 1.82) is 0 Å². The van der Waals surface area contributed by atoms with Crippen molar-refractivity contribution >= 4 is 28.2 Å². The molecule has 1 aromatic heterocycles. The number of nitrogens with one attached hydrogen (secondary N) is 1. The van der Waals surface area contributed by atoms with Crippen LogP contribution in [0.5, 0.6) is 0 Å². The molecule has 28 heavy (non-hydrogen) atoms. The lowest BCUT2D eigenvalue weighted by Gasteiger charge is -2.22. The number of carbonyl (C=O) groups is 2. The van der Waals surface area contributed by atoms with E-state index in [9.17, 15) is 9.59 Å². The second-order valence-corrected chi connectivity index (χ2v) is 9.40. The normalized spacial score (nSPS) is 12.5. The van der Waals surface area contributed by atoms with Crippen molar-refractivity contribution in [3.05, 3.63) is 52.4 Å². The van der Waals surface area contributed by atoms with Crippen molar-refractivity contribution < 1.29 is 14.3 Å². The summed E-state index contributed by atoms with van der Waals surface area (Å²) in [5.41, 5.74) is 1.76. The van der Waals surface area contributed by atoms with Crippen molar-refractivity contribution in [3.8, 4) is 0 Å². The minimum atomic E-state index is -0.383. The molecule has 1 atom stereocenters. The van der Waals surface area contributed by atoms with Crippen molar-refractivity contribution in [2.24, 2.45) is 5.41 Å². The monoisotopic (exact) mass is 401 g/mol. The van der Waals surface area contributed by atoms with E-state index in [0.29, 0.717) is 35.9 Å². The lowest BCUT2D eigenvalue weighted by molar-refractivity contribution is -0.116. The summed E-state index contributed by atoms with van der Waals surface area (Å²) >= 11 is 1.48. The summed E-state index contributed by atoms with van der Waals surface area (Å²) in [5.74, 6) is -0.175. The van der Waals surface area contributed by atoms with Crippen LogP contribution in [0.15, 0.2) is 36.4 Å². The molecule has 0 fully saturated rings. The highest BCUT2D eigenvalue weighted by atomic mass is 32.1. The molecule has 0 saturated carbocycles. The van der Waals surface area contributed by atoms with Gasteiger partial charge in [-0.2, -0.15) is 0 Å². The van der Waals surface area contributed by atoms with Gasteiger partial charge in [0.15, 0.2) is 0 Å². The predicted octanol–water partition coefficient (Wildman–Crippen LogP) is 6.04. The number of rotatable bonds is 8. The van der Waals surface area contributed by atoms with Crippen LogP contribution in [0, 0.1) is 5.41 Å². The van der Waals surface area contributed by atoms with Crippen molar-refractivity contribution in [2.75, 3.05) is 11.9 Å². The molecule has 0 saturated heterocycles. The molecule has 2 aromatic rings. The van der Waals surface area contributed by atoms with E-state index in [-0.39, 0.29) is 17.3 Å². The maximum Gasteiger partial charge on any atom is 0.341 e. The Morgan fingerprint density at radius 3 is 2.46 bits per heavy atom. The molecule has 1 heterocycles. The average molecular weight is 402 g/mol. The maximum atomic E-state index is 12.5. The van der Waals surface area contributed by atoms with Gasteiger partial charge >= 0.3 is 5.97 Å². The van der Waals surface area contributed by atoms with Gasteiger partial charge in [0.25, 0.3) is 0 Å². The molecule has 1 aromatic carbocycles. The van der Waals surface area contributed by atoms with Crippen LogP contribution >= 0.6 is 11.3 Å². The number of carbonyl (C=O) groups excluding carboxylic acids is 2. The van der Waals surface area contributed by atoms with E-state index in [1.54, 1.807) is 6.92 Å². The Hall–Kier alpha value is -2.14. The zero-order valence-electron chi connectivity index (χ0n) is 17.5. The molecule has 1 N–H and O–H groups in total. The maximum absolute atomic E-state index is 12.5. The zero-order chi connectivity index (χ0) is 20.7. The van der Waals surface area contributed by atoms with Gasteiger partial charge in [-0.25, -0.2) is 4.79 Å². The van der Waals surface area contributed by atoms with Crippen LogP contribution in [0.2, 0.25) is 0 Å². The van der Waals surface area contributed by atoms with Gasteiger partial charge in [0.1, 0.15) is 5.00 Å². The van der Waals surface area contributed by atoms with Gasteiger partial charge in [-0.15, -0.1) is 11.3 Å². The Bertz CT molecular complexity index is 790. The number of hydrogen-bond acceptors (Lipinski definition) is 4. The van der Waals surface area contributed by atoms with Gasteiger partial charge in [0, 0.05) is 11.3 Å². The number of benzene rings is 1. The van der Waals surface area contributed by atoms with E-state index >= 15 is 0 Å². The topological polar surface area (TPSA) is 55.4 Å². The molecule has 0 spiro atoms. The summed E-state index contributed by atoms with van der Waals surface area (Å²) < 4.78 is 5.19. The highest BCUT2D eigenvalue weighted by molar-refractivity contribution is 7.16. The van der Waals surface area contributed by atoms with Crippen LogP contribution in [0.1, 0.15) is 74.2 Å². The number of esters is 1. The van der Waals surface area contributed by atoms with Gasteiger partial charge in [0.2, 0.25) is 5.91 Å². The summed E-state index contributed by atoms with van der Waals surface area (Å²) in [5, 5.41) is 3.53. The fraction of sp³-hybridized carbons (Fsp3) is 0.478. The molecule has 0 aliphatic rings.